The number of amides is 1. The zero-order chi connectivity index (χ0) is 20.1. The topological polar surface area (TPSA) is 114 Å². The quantitative estimate of drug-likeness (QED) is 0.710. The van der Waals surface area contributed by atoms with Crippen molar-refractivity contribution in [1.29, 1.82) is 0 Å². The minimum atomic E-state index is -3.64. The monoisotopic (exact) mass is 408 g/mol. The lowest BCUT2D eigenvalue weighted by Crippen LogP contribution is -2.40. The number of aromatic nitrogens is 2. The first-order chi connectivity index (χ1) is 13.4. The van der Waals surface area contributed by atoms with Crippen molar-refractivity contribution in [2.45, 2.75) is 31.4 Å². The van der Waals surface area contributed by atoms with E-state index in [-0.39, 0.29) is 23.2 Å². The van der Waals surface area contributed by atoms with Crippen LogP contribution in [0.5, 0.6) is 5.88 Å². The summed E-state index contributed by atoms with van der Waals surface area (Å²) in [5.74, 6) is 0.123. The van der Waals surface area contributed by atoms with Crippen LogP contribution in [0.1, 0.15) is 29.9 Å². The average Bonchev–Trinajstić information content (AvgIpc) is 3.19. The Kier molecular flexibility index (Phi) is 6.32. The van der Waals surface area contributed by atoms with Crippen LogP contribution < -0.4 is 10.1 Å². The number of rotatable bonds is 7. The lowest BCUT2D eigenvalue weighted by atomic mass is 10.3. The zero-order valence-electron chi connectivity index (χ0n) is 15.8. The van der Waals surface area contributed by atoms with Crippen molar-refractivity contribution >= 4 is 15.9 Å². The van der Waals surface area contributed by atoms with Gasteiger partial charge in [-0.05, 0) is 25.5 Å². The van der Waals surface area contributed by atoms with E-state index in [1.54, 1.807) is 12.3 Å². The van der Waals surface area contributed by atoms with E-state index < -0.39 is 15.9 Å². The second-order valence-corrected chi connectivity index (χ2v) is 8.56. The van der Waals surface area contributed by atoms with Gasteiger partial charge in [0.15, 0.2) is 0 Å². The second kappa shape index (κ2) is 8.72. The van der Waals surface area contributed by atoms with Crippen molar-refractivity contribution in [2.75, 3.05) is 26.3 Å². The van der Waals surface area contributed by atoms with Gasteiger partial charge in [0.2, 0.25) is 15.9 Å². The molecule has 1 aliphatic rings. The molecule has 1 aliphatic heterocycles. The molecule has 1 fully saturated rings. The van der Waals surface area contributed by atoms with Gasteiger partial charge in [-0.25, -0.2) is 13.4 Å². The fourth-order valence-electron chi connectivity index (χ4n) is 2.69. The first-order valence-electron chi connectivity index (χ1n) is 9.02. The van der Waals surface area contributed by atoms with Gasteiger partial charge < -0.3 is 19.8 Å². The SMILES string of the molecule is CC(C)Oc1ccc(CNC(=O)c2cc(S(=O)(=O)N3CCOCC3)c[nH]2)cn1. The van der Waals surface area contributed by atoms with Crippen LogP contribution in [0.2, 0.25) is 0 Å². The Bertz CT molecular complexity index is 902. The molecule has 1 amide bonds. The fourth-order valence-corrected chi connectivity index (χ4v) is 4.10. The number of carbonyl (C=O) groups is 1. The Hall–Kier alpha value is -2.43. The van der Waals surface area contributed by atoms with E-state index >= 15 is 0 Å². The standard InChI is InChI=1S/C18H24N4O5S/c1-13(2)27-17-4-3-14(10-20-17)11-21-18(23)16-9-15(12-19-16)28(24,25)22-5-7-26-8-6-22/h3-4,9-10,12-13,19H,5-8,11H2,1-2H3,(H,21,23). The summed E-state index contributed by atoms with van der Waals surface area (Å²) < 4.78 is 37.2. The van der Waals surface area contributed by atoms with Crippen molar-refractivity contribution in [2.24, 2.45) is 0 Å². The first kappa shape index (κ1) is 20.3. The highest BCUT2D eigenvalue weighted by Crippen LogP contribution is 2.18. The van der Waals surface area contributed by atoms with Crippen molar-refractivity contribution < 1.29 is 22.7 Å². The molecule has 0 atom stereocenters. The molecule has 9 nitrogen and oxygen atoms in total. The summed E-state index contributed by atoms with van der Waals surface area (Å²) in [6, 6.07) is 4.90. The summed E-state index contributed by atoms with van der Waals surface area (Å²) in [6.07, 6.45) is 2.99. The number of pyridine rings is 1. The Morgan fingerprint density at radius 2 is 2.11 bits per heavy atom. The molecule has 3 rings (SSSR count). The molecule has 2 aromatic heterocycles. The maximum absolute atomic E-state index is 12.6. The minimum absolute atomic E-state index is 0.0360. The number of nitrogens with one attached hydrogen (secondary N) is 2. The molecule has 0 spiro atoms. The average molecular weight is 408 g/mol. The normalized spacial score (nSPS) is 15.5. The molecule has 152 valence electrons. The van der Waals surface area contributed by atoms with E-state index in [0.29, 0.717) is 32.2 Å². The largest absolute Gasteiger partial charge is 0.475 e. The Morgan fingerprint density at radius 3 is 2.75 bits per heavy atom. The van der Waals surface area contributed by atoms with Crippen LogP contribution >= 0.6 is 0 Å². The van der Waals surface area contributed by atoms with E-state index in [1.165, 1.54) is 16.6 Å². The number of morpholine rings is 1. The van der Waals surface area contributed by atoms with Gasteiger partial charge >= 0.3 is 0 Å². The highest BCUT2D eigenvalue weighted by atomic mass is 32.2. The van der Waals surface area contributed by atoms with Gasteiger partial charge in [0.05, 0.1) is 19.3 Å². The molecule has 10 heteroatoms. The van der Waals surface area contributed by atoms with Gasteiger partial charge in [0, 0.05) is 38.1 Å². The van der Waals surface area contributed by atoms with Crippen LogP contribution in [0.4, 0.5) is 0 Å². The summed E-state index contributed by atoms with van der Waals surface area (Å²) in [5, 5.41) is 2.74. The van der Waals surface area contributed by atoms with Crippen LogP contribution in [0.15, 0.2) is 35.5 Å². The molecule has 0 aliphatic carbocycles. The fraction of sp³-hybridized carbons (Fsp3) is 0.444. The predicted molar refractivity (Wildman–Crippen MR) is 102 cm³/mol. The number of carbonyl (C=O) groups excluding carboxylic acids is 1. The van der Waals surface area contributed by atoms with Gasteiger partial charge in [0.25, 0.3) is 5.91 Å². The molecule has 2 N–H and O–H groups in total. The summed E-state index contributed by atoms with van der Waals surface area (Å²) in [7, 11) is -3.64. The molecule has 1 saturated heterocycles. The molecule has 2 aromatic rings. The molecular formula is C18H24N4O5S. The van der Waals surface area contributed by atoms with Gasteiger partial charge in [-0.2, -0.15) is 4.31 Å². The van der Waals surface area contributed by atoms with Crippen molar-refractivity contribution in [3.05, 3.63) is 41.9 Å². The van der Waals surface area contributed by atoms with Gasteiger partial charge in [-0.3, -0.25) is 4.79 Å². The molecule has 0 saturated carbocycles. The summed E-state index contributed by atoms with van der Waals surface area (Å²) in [5.41, 5.74) is 0.983. The lowest BCUT2D eigenvalue weighted by Gasteiger charge is -2.25. The van der Waals surface area contributed by atoms with Crippen LogP contribution in [0, 0.1) is 0 Å². The molecule has 0 unspecified atom stereocenters. The van der Waals surface area contributed by atoms with E-state index in [2.05, 4.69) is 15.3 Å². The number of hydrogen-bond acceptors (Lipinski definition) is 6. The second-order valence-electron chi connectivity index (χ2n) is 6.62. The lowest BCUT2D eigenvalue weighted by molar-refractivity contribution is 0.0730. The smallest absolute Gasteiger partial charge is 0.268 e. The molecule has 28 heavy (non-hydrogen) atoms. The van der Waals surface area contributed by atoms with E-state index in [9.17, 15) is 13.2 Å². The van der Waals surface area contributed by atoms with E-state index in [4.69, 9.17) is 9.47 Å². The van der Waals surface area contributed by atoms with Crippen LogP contribution in [-0.2, 0) is 21.3 Å². The molecule has 0 bridgehead atoms. The van der Waals surface area contributed by atoms with Gasteiger partial charge in [0.1, 0.15) is 10.6 Å². The summed E-state index contributed by atoms with van der Waals surface area (Å²) in [6.45, 7) is 5.44. The third-order valence-corrected chi connectivity index (χ3v) is 5.99. The Labute approximate surface area is 164 Å². The van der Waals surface area contributed by atoms with Gasteiger partial charge in [-0.15, -0.1) is 0 Å². The number of H-pyrrole nitrogens is 1. The predicted octanol–water partition coefficient (Wildman–Crippen LogP) is 1.15. The van der Waals surface area contributed by atoms with Crippen LogP contribution in [-0.4, -0.2) is 61.0 Å². The number of ether oxygens (including phenoxy) is 2. The maximum Gasteiger partial charge on any atom is 0.268 e. The number of aromatic amines is 1. The summed E-state index contributed by atoms with van der Waals surface area (Å²) in [4.78, 5) is 19.3. The molecule has 3 heterocycles. The van der Waals surface area contributed by atoms with Crippen molar-refractivity contribution in [3.8, 4) is 5.88 Å². The minimum Gasteiger partial charge on any atom is -0.475 e. The van der Waals surface area contributed by atoms with Crippen molar-refractivity contribution in [3.63, 3.8) is 0 Å². The maximum atomic E-state index is 12.6. The Balaban J connectivity index is 1.59. The highest BCUT2D eigenvalue weighted by Gasteiger charge is 2.27. The first-order valence-corrected chi connectivity index (χ1v) is 10.5. The van der Waals surface area contributed by atoms with E-state index in [1.807, 2.05) is 19.9 Å². The molecule has 0 aromatic carbocycles. The Morgan fingerprint density at radius 1 is 1.36 bits per heavy atom. The molecule has 0 radical (unpaired) electrons. The summed E-state index contributed by atoms with van der Waals surface area (Å²) >= 11 is 0. The van der Waals surface area contributed by atoms with Crippen LogP contribution in [0.3, 0.4) is 0 Å². The third kappa shape index (κ3) is 4.89. The zero-order valence-corrected chi connectivity index (χ0v) is 16.7. The third-order valence-electron chi connectivity index (χ3n) is 4.12. The van der Waals surface area contributed by atoms with Crippen LogP contribution in [0.25, 0.3) is 0 Å². The highest BCUT2D eigenvalue weighted by molar-refractivity contribution is 7.89. The van der Waals surface area contributed by atoms with E-state index in [0.717, 1.165) is 5.56 Å². The van der Waals surface area contributed by atoms with Crippen molar-refractivity contribution in [1.82, 2.24) is 19.6 Å². The molecular weight excluding hydrogens is 384 g/mol. The number of nitrogens with zero attached hydrogens (tertiary/aromatic N) is 2. The number of sulfonamides is 1. The van der Waals surface area contributed by atoms with Gasteiger partial charge in [-0.1, -0.05) is 6.07 Å². The number of hydrogen-bond donors (Lipinski definition) is 2.